The van der Waals surface area contributed by atoms with Gasteiger partial charge in [0.1, 0.15) is 12.2 Å². The average molecular weight is 398 g/mol. The molecule has 4 N–H and O–H groups in total. The van der Waals surface area contributed by atoms with Crippen molar-refractivity contribution in [2.75, 3.05) is 13.2 Å². The van der Waals surface area contributed by atoms with Crippen molar-refractivity contribution in [1.82, 2.24) is 5.32 Å². The predicted molar refractivity (Wildman–Crippen MR) is 104 cm³/mol. The molecule has 0 aliphatic rings. The molecule has 0 bridgehead atoms. The number of benzene rings is 1. The minimum Gasteiger partial charge on any atom is -0.488 e. The third-order valence-electron chi connectivity index (χ3n) is 3.80. The van der Waals surface area contributed by atoms with E-state index in [1.54, 1.807) is 32.9 Å². The van der Waals surface area contributed by atoms with Crippen LogP contribution in [0.3, 0.4) is 0 Å². The van der Waals surface area contributed by atoms with Crippen molar-refractivity contribution in [3.05, 3.63) is 29.6 Å². The summed E-state index contributed by atoms with van der Waals surface area (Å²) in [4.78, 5) is 23.1. The molecule has 2 amide bonds. The fraction of sp³-hybridized carbons (Fsp3) is 0.600. The molecule has 1 aromatic carbocycles. The van der Waals surface area contributed by atoms with Crippen LogP contribution in [0.4, 0.5) is 9.18 Å². The molecular weight excluding hydrogens is 367 g/mol. The van der Waals surface area contributed by atoms with Gasteiger partial charge in [0, 0.05) is 13.0 Å². The smallest absolute Gasteiger partial charge is 0.407 e. The Bertz CT molecular complexity index is 646. The standard InChI is InChI=1S/C20H31FN2O5/c1-20(2,3)28-19(26)23-15(10-11-17(22)25)13-27-16-9-6-8-14(18(16)21)7-4-5-12-24/h6,8-9,15,24H,4-5,7,10-13H2,1-3H3,(H2,22,25)(H,23,26)/t15-/m0/s1. The summed E-state index contributed by atoms with van der Waals surface area (Å²) in [6.07, 6.45) is 1.39. The van der Waals surface area contributed by atoms with E-state index in [4.69, 9.17) is 20.3 Å². The molecule has 1 atom stereocenters. The van der Waals surface area contributed by atoms with Gasteiger partial charge in [0.05, 0.1) is 6.04 Å². The number of hydrogen-bond donors (Lipinski definition) is 3. The molecule has 1 aromatic rings. The maximum Gasteiger partial charge on any atom is 0.407 e. The number of unbranched alkanes of at least 4 members (excludes halogenated alkanes) is 1. The summed E-state index contributed by atoms with van der Waals surface area (Å²) < 4.78 is 25.3. The number of carbonyl (C=O) groups excluding carboxylic acids is 2. The lowest BCUT2D eigenvalue weighted by Gasteiger charge is -2.24. The number of amides is 2. The van der Waals surface area contributed by atoms with Crippen molar-refractivity contribution in [2.24, 2.45) is 5.73 Å². The van der Waals surface area contributed by atoms with Crippen molar-refractivity contribution in [3.63, 3.8) is 0 Å². The van der Waals surface area contributed by atoms with Gasteiger partial charge in [-0.3, -0.25) is 4.79 Å². The summed E-state index contributed by atoms with van der Waals surface area (Å²) in [5, 5.41) is 11.5. The van der Waals surface area contributed by atoms with E-state index in [1.807, 2.05) is 0 Å². The number of aryl methyl sites for hydroxylation is 1. The number of aliphatic hydroxyl groups is 1. The van der Waals surface area contributed by atoms with Crippen molar-refractivity contribution >= 4 is 12.0 Å². The Labute approximate surface area is 165 Å². The number of nitrogens with one attached hydrogen (secondary N) is 1. The summed E-state index contributed by atoms with van der Waals surface area (Å²) in [5.74, 6) is -0.907. The fourth-order valence-electron chi connectivity index (χ4n) is 2.47. The normalized spacial score (nSPS) is 12.3. The third kappa shape index (κ3) is 9.55. The van der Waals surface area contributed by atoms with Crippen LogP contribution in [0.5, 0.6) is 5.75 Å². The van der Waals surface area contributed by atoms with Crippen LogP contribution in [0.15, 0.2) is 18.2 Å². The third-order valence-corrected chi connectivity index (χ3v) is 3.80. The van der Waals surface area contributed by atoms with Crippen LogP contribution in [0, 0.1) is 5.82 Å². The lowest BCUT2D eigenvalue weighted by Crippen LogP contribution is -2.42. The van der Waals surface area contributed by atoms with E-state index < -0.39 is 29.5 Å². The Hall–Kier alpha value is -2.35. The molecule has 158 valence electrons. The predicted octanol–water partition coefficient (Wildman–Crippen LogP) is 2.68. The first-order valence-corrected chi connectivity index (χ1v) is 9.41. The number of ether oxygens (including phenoxy) is 2. The summed E-state index contributed by atoms with van der Waals surface area (Å²) in [7, 11) is 0. The summed E-state index contributed by atoms with van der Waals surface area (Å²) in [6, 6.07) is 4.29. The summed E-state index contributed by atoms with van der Waals surface area (Å²) in [5.41, 5.74) is 5.01. The van der Waals surface area contributed by atoms with E-state index >= 15 is 0 Å². The van der Waals surface area contributed by atoms with Crippen LogP contribution < -0.4 is 15.8 Å². The maximum atomic E-state index is 14.6. The van der Waals surface area contributed by atoms with E-state index in [0.29, 0.717) is 24.8 Å². The summed E-state index contributed by atoms with van der Waals surface area (Å²) in [6.45, 7) is 5.23. The van der Waals surface area contributed by atoms with Crippen LogP contribution in [0.25, 0.3) is 0 Å². The molecule has 0 heterocycles. The Balaban J connectivity index is 2.74. The van der Waals surface area contributed by atoms with Gasteiger partial charge in [-0.25, -0.2) is 9.18 Å². The Morgan fingerprint density at radius 3 is 2.61 bits per heavy atom. The lowest BCUT2D eigenvalue weighted by atomic mass is 10.1. The summed E-state index contributed by atoms with van der Waals surface area (Å²) >= 11 is 0. The van der Waals surface area contributed by atoms with Gasteiger partial charge in [-0.2, -0.15) is 0 Å². The minimum absolute atomic E-state index is 0.0382. The molecule has 0 aliphatic carbocycles. The number of primary amides is 1. The quantitative estimate of drug-likeness (QED) is 0.496. The van der Waals surface area contributed by atoms with Gasteiger partial charge < -0.3 is 25.6 Å². The molecule has 0 saturated carbocycles. The van der Waals surface area contributed by atoms with E-state index in [0.717, 1.165) is 0 Å². The fourth-order valence-corrected chi connectivity index (χ4v) is 2.47. The minimum atomic E-state index is -0.672. The molecular formula is C20H31FN2O5. The molecule has 0 radical (unpaired) electrons. The number of alkyl carbamates (subject to hydrolysis) is 1. The molecule has 0 unspecified atom stereocenters. The first kappa shape index (κ1) is 23.7. The van der Waals surface area contributed by atoms with Gasteiger partial charge in [-0.05, 0) is 58.1 Å². The van der Waals surface area contributed by atoms with Crippen LogP contribution in [0.1, 0.15) is 52.0 Å². The number of nitrogens with two attached hydrogens (primary N) is 1. The Kier molecular flexibility index (Phi) is 9.72. The van der Waals surface area contributed by atoms with Crippen molar-refractivity contribution in [3.8, 4) is 5.75 Å². The highest BCUT2D eigenvalue weighted by molar-refractivity contribution is 5.74. The molecule has 1 rings (SSSR count). The van der Waals surface area contributed by atoms with Crippen LogP contribution in [-0.2, 0) is 16.0 Å². The van der Waals surface area contributed by atoms with Gasteiger partial charge in [0.2, 0.25) is 5.91 Å². The van der Waals surface area contributed by atoms with Crippen molar-refractivity contribution < 1.29 is 28.6 Å². The van der Waals surface area contributed by atoms with E-state index in [1.165, 1.54) is 6.07 Å². The van der Waals surface area contributed by atoms with Crippen LogP contribution >= 0.6 is 0 Å². The second-order valence-electron chi connectivity index (χ2n) is 7.57. The van der Waals surface area contributed by atoms with Crippen molar-refractivity contribution in [1.29, 1.82) is 0 Å². The zero-order valence-electron chi connectivity index (χ0n) is 16.8. The maximum absolute atomic E-state index is 14.6. The van der Waals surface area contributed by atoms with Gasteiger partial charge in [0.15, 0.2) is 11.6 Å². The first-order chi connectivity index (χ1) is 13.1. The van der Waals surface area contributed by atoms with Gasteiger partial charge >= 0.3 is 6.09 Å². The number of halogens is 1. The van der Waals surface area contributed by atoms with Gasteiger partial charge in [0.25, 0.3) is 0 Å². The van der Waals surface area contributed by atoms with Crippen LogP contribution in [0.2, 0.25) is 0 Å². The second-order valence-corrected chi connectivity index (χ2v) is 7.57. The molecule has 8 heteroatoms. The Morgan fingerprint density at radius 1 is 1.29 bits per heavy atom. The number of aliphatic hydroxyl groups excluding tert-OH is 1. The molecule has 28 heavy (non-hydrogen) atoms. The van der Waals surface area contributed by atoms with Crippen LogP contribution in [-0.4, -0.2) is 42.0 Å². The highest BCUT2D eigenvalue weighted by atomic mass is 19.1. The number of hydrogen-bond acceptors (Lipinski definition) is 5. The number of rotatable bonds is 11. The molecule has 0 aliphatic heterocycles. The Morgan fingerprint density at radius 2 is 2.00 bits per heavy atom. The van der Waals surface area contributed by atoms with Gasteiger partial charge in [-0.15, -0.1) is 0 Å². The molecule has 0 aromatic heterocycles. The largest absolute Gasteiger partial charge is 0.488 e. The molecule has 7 nitrogen and oxygen atoms in total. The monoisotopic (exact) mass is 398 g/mol. The topological polar surface area (TPSA) is 111 Å². The SMILES string of the molecule is CC(C)(C)OC(=O)N[C@@H](CCC(N)=O)COc1cccc(CCCCO)c1F. The second kappa shape index (κ2) is 11.5. The average Bonchev–Trinajstić information content (AvgIpc) is 2.58. The highest BCUT2D eigenvalue weighted by Gasteiger charge is 2.21. The zero-order chi connectivity index (χ0) is 21.2. The van der Waals surface area contributed by atoms with E-state index in [-0.39, 0.29) is 31.8 Å². The number of carbonyl (C=O) groups is 2. The first-order valence-electron chi connectivity index (χ1n) is 9.41. The lowest BCUT2D eigenvalue weighted by molar-refractivity contribution is -0.118. The van der Waals surface area contributed by atoms with E-state index in [9.17, 15) is 14.0 Å². The zero-order valence-corrected chi connectivity index (χ0v) is 16.8. The molecule has 0 saturated heterocycles. The highest BCUT2D eigenvalue weighted by Crippen LogP contribution is 2.22. The van der Waals surface area contributed by atoms with Crippen molar-refractivity contribution in [2.45, 2.75) is 64.5 Å². The van der Waals surface area contributed by atoms with Gasteiger partial charge in [-0.1, -0.05) is 12.1 Å². The molecule has 0 spiro atoms. The molecule has 0 fully saturated rings. The van der Waals surface area contributed by atoms with E-state index in [2.05, 4.69) is 5.32 Å².